The molecule has 4 rings (SSSR count). The van der Waals surface area contributed by atoms with Crippen LogP contribution >= 0.6 is 0 Å². The molecule has 29 heavy (non-hydrogen) atoms. The van der Waals surface area contributed by atoms with Crippen molar-refractivity contribution in [3.8, 4) is 0 Å². The highest BCUT2D eigenvalue weighted by molar-refractivity contribution is 5.98. The van der Waals surface area contributed by atoms with E-state index < -0.39 is 0 Å². The molecule has 0 saturated heterocycles. The zero-order valence-corrected chi connectivity index (χ0v) is 18.9. The molecule has 0 aromatic carbocycles. The first-order chi connectivity index (χ1) is 14.4. The van der Waals surface area contributed by atoms with Crippen molar-refractivity contribution in [2.45, 2.75) is 147 Å². The normalized spacial score (nSPS) is 29.9. The third-order valence-corrected chi connectivity index (χ3v) is 8.47. The molecule has 1 atom stereocenters. The first-order valence-corrected chi connectivity index (χ1v) is 13.4. The van der Waals surface area contributed by atoms with Gasteiger partial charge in [0.2, 0.25) is 0 Å². The molecule has 2 saturated carbocycles. The van der Waals surface area contributed by atoms with Gasteiger partial charge in [0, 0.05) is 11.6 Å². The summed E-state index contributed by atoms with van der Waals surface area (Å²) in [6.45, 7) is 0. The van der Waals surface area contributed by atoms with E-state index in [4.69, 9.17) is 0 Å². The molecule has 1 amide bonds. The summed E-state index contributed by atoms with van der Waals surface area (Å²) in [5.41, 5.74) is 2.91. The van der Waals surface area contributed by atoms with Crippen LogP contribution in [0, 0.1) is 5.92 Å². The van der Waals surface area contributed by atoms with Gasteiger partial charge in [-0.15, -0.1) is 0 Å². The summed E-state index contributed by atoms with van der Waals surface area (Å²) < 4.78 is 0. The number of carbonyl (C=O) groups excluding carboxylic acids is 1. The van der Waals surface area contributed by atoms with E-state index in [9.17, 15) is 4.79 Å². The highest BCUT2D eigenvalue weighted by atomic mass is 16.2. The fourth-order valence-corrected chi connectivity index (χ4v) is 6.90. The van der Waals surface area contributed by atoms with Crippen LogP contribution < -0.4 is 0 Å². The van der Waals surface area contributed by atoms with Crippen molar-refractivity contribution in [3.63, 3.8) is 0 Å². The number of nitrogens with zero attached hydrogens (tertiary/aromatic N) is 1. The quantitative estimate of drug-likeness (QED) is 0.465. The van der Waals surface area contributed by atoms with Gasteiger partial charge in [0.1, 0.15) is 0 Å². The standard InChI is InChI=1S/C27H45NO/c29-27-25-21-15-9-8-14-20-24(25)26(22-16-10-4-3-5-11-17-22)28(27)23-18-12-6-1-2-7-13-19-23/h22-23,26H,1-21H2. The Balaban J connectivity index is 1.62. The minimum absolute atomic E-state index is 0.472. The van der Waals surface area contributed by atoms with Crippen molar-refractivity contribution in [3.05, 3.63) is 11.1 Å². The lowest BCUT2D eigenvalue weighted by molar-refractivity contribution is -0.131. The van der Waals surface area contributed by atoms with Crippen LogP contribution in [0.25, 0.3) is 0 Å². The lowest BCUT2D eigenvalue weighted by Gasteiger charge is -2.40. The second-order valence-corrected chi connectivity index (χ2v) is 10.5. The predicted octanol–water partition coefficient (Wildman–Crippen LogP) is 7.71. The maximum absolute atomic E-state index is 13.9. The predicted molar refractivity (Wildman–Crippen MR) is 122 cm³/mol. The van der Waals surface area contributed by atoms with E-state index in [1.54, 1.807) is 5.57 Å². The van der Waals surface area contributed by atoms with Gasteiger partial charge in [-0.25, -0.2) is 0 Å². The molecule has 0 aromatic rings. The molecule has 3 aliphatic carbocycles. The van der Waals surface area contributed by atoms with E-state index in [1.165, 1.54) is 134 Å². The summed E-state index contributed by atoms with van der Waals surface area (Å²) in [5.74, 6) is 1.22. The molecule has 0 spiro atoms. The third kappa shape index (κ3) is 5.28. The van der Waals surface area contributed by atoms with Crippen LogP contribution in [0.15, 0.2) is 11.1 Å². The highest BCUT2D eigenvalue weighted by Crippen LogP contribution is 2.43. The van der Waals surface area contributed by atoms with Crippen LogP contribution in [-0.2, 0) is 4.79 Å². The third-order valence-electron chi connectivity index (χ3n) is 8.47. The van der Waals surface area contributed by atoms with Gasteiger partial charge in [-0.05, 0) is 62.9 Å². The Labute approximate surface area is 179 Å². The Kier molecular flexibility index (Phi) is 8.14. The van der Waals surface area contributed by atoms with Crippen molar-refractivity contribution in [2.24, 2.45) is 5.92 Å². The van der Waals surface area contributed by atoms with Crippen molar-refractivity contribution in [2.75, 3.05) is 0 Å². The molecule has 2 heteroatoms. The first kappa shape index (κ1) is 21.4. The second kappa shape index (κ2) is 11.0. The maximum Gasteiger partial charge on any atom is 0.250 e. The van der Waals surface area contributed by atoms with Gasteiger partial charge in [0.05, 0.1) is 6.04 Å². The summed E-state index contributed by atoms with van der Waals surface area (Å²) in [5, 5.41) is 0. The fourth-order valence-electron chi connectivity index (χ4n) is 6.90. The van der Waals surface area contributed by atoms with Crippen LogP contribution in [0.4, 0.5) is 0 Å². The van der Waals surface area contributed by atoms with Crippen LogP contribution in [0.1, 0.15) is 135 Å². The SMILES string of the molecule is O=C1C2=C(CCCCCC2)C(C2CCCCCCC2)N1C1CCCCCCCC1. The van der Waals surface area contributed by atoms with E-state index in [0.29, 0.717) is 18.0 Å². The molecule has 0 aromatic heterocycles. The average molecular weight is 400 g/mol. The van der Waals surface area contributed by atoms with Crippen LogP contribution in [0.3, 0.4) is 0 Å². The minimum Gasteiger partial charge on any atom is -0.329 e. The Hall–Kier alpha value is -0.790. The van der Waals surface area contributed by atoms with E-state index in [-0.39, 0.29) is 0 Å². The van der Waals surface area contributed by atoms with Gasteiger partial charge in [0.25, 0.3) is 5.91 Å². The van der Waals surface area contributed by atoms with Crippen molar-refractivity contribution < 1.29 is 4.79 Å². The van der Waals surface area contributed by atoms with Crippen molar-refractivity contribution in [1.82, 2.24) is 4.90 Å². The number of carbonyl (C=O) groups is 1. The van der Waals surface area contributed by atoms with Crippen LogP contribution in [-0.4, -0.2) is 22.9 Å². The molecule has 2 fully saturated rings. The van der Waals surface area contributed by atoms with Crippen molar-refractivity contribution >= 4 is 5.91 Å². The van der Waals surface area contributed by atoms with E-state index in [2.05, 4.69) is 4.90 Å². The largest absolute Gasteiger partial charge is 0.329 e. The van der Waals surface area contributed by atoms with Crippen LogP contribution in [0.2, 0.25) is 0 Å². The Bertz CT molecular complexity index is 547. The molecule has 0 radical (unpaired) electrons. The topological polar surface area (TPSA) is 20.3 Å². The molecule has 4 aliphatic rings. The Morgan fingerprint density at radius 2 is 1.03 bits per heavy atom. The second-order valence-electron chi connectivity index (χ2n) is 10.5. The van der Waals surface area contributed by atoms with Crippen LogP contribution in [0.5, 0.6) is 0 Å². The monoisotopic (exact) mass is 399 g/mol. The Morgan fingerprint density at radius 3 is 1.66 bits per heavy atom. The molecule has 0 N–H and O–H groups in total. The fraction of sp³-hybridized carbons (Fsp3) is 0.889. The lowest BCUT2D eigenvalue weighted by Crippen LogP contribution is -2.47. The molecular weight excluding hydrogens is 354 g/mol. The van der Waals surface area contributed by atoms with Gasteiger partial charge in [-0.1, -0.05) is 83.5 Å². The number of amides is 1. The number of hydrogen-bond acceptors (Lipinski definition) is 1. The molecule has 1 unspecified atom stereocenters. The molecule has 164 valence electrons. The highest BCUT2D eigenvalue weighted by Gasteiger charge is 2.44. The van der Waals surface area contributed by atoms with E-state index in [0.717, 1.165) is 12.3 Å². The molecular formula is C27H45NO. The zero-order valence-electron chi connectivity index (χ0n) is 18.9. The number of hydrogen-bond donors (Lipinski definition) is 0. The lowest BCUT2D eigenvalue weighted by atomic mass is 9.79. The van der Waals surface area contributed by atoms with E-state index >= 15 is 0 Å². The maximum atomic E-state index is 13.9. The van der Waals surface area contributed by atoms with Gasteiger partial charge in [-0.2, -0.15) is 0 Å². The first-order valence-electron chi connectivity index (χ1n) is 13.4. The Morgan fingerprint density at radius 1 is 0.552 bits per heavy atom. The summed E-state index contributed by atoms with van der Waals surface area (Å²) in [7, 11) is 0. The van der Waals surface area contributed by atoms with E-state index in [1.807, 2.05) is 0 Å². The van der Waals surface area contributed by atoms with Gasteiger partial charge < -0.3 is 4.90 Å². The molecule has 2 nitrogen and oxygen atoms in total. The summed E-state index contributed by atoms with van der Waals surface area (Å²) in [6.07, 6.45) is 28.0. The zero-order chi connectivity index (χ0) is 19.9. The van der Waals surface area contributed by atoms with Crippen molar-refractivity contribution in [1.29, 1.82) is 0 Å². The van der Waals surface area contributed by atoms with Gasteiger partial charge in [0.15, 0.2) is 0 Å². The van der Waals surface area contributed by atoms with Gasteiger partial charge in [-0.3, -0.25) is 4.79 Å². The molecule has 1 aliphatic heterocycles. The minimum atomic E-state index is 0.472. The summed E-state index contributed by atoms with van der Waals surface area (Å²) >= 11 is 0. The molecule has 0 bridgehead atoms. The molecule has 1 heterocycles. The smallest absolute Gasteiger partial charge is 0.250 e. The average Bonchev–Trinajstić information content (AvgIpc) is 3.00. The number of rotatable bonds is 2. The summed E-state index contributed by atoms with van der Waals surface area (Å²) in [6, 6.07) is 0.990. The summed E-state index contributed by atoms with van der Waals surface area (Å²) in [4.78, 5) is 16.4. The van der Waals surface area contributed by atoms with Gasteiger partial charge >= 0.3 is 0 Å².